The molecular formula is C13H16ClNO3. The lowest BCUT2D eigenvalue weighted by atomic mass is 9.98. The van der Waals surface area contributed by atoms with Gasteiger partial charge in [0, 0.05) is 29.5 Å². The molecule has 2 unspecified atom stereocenters. The molecule has 1 aliphatic rings. The molecule has 0 aliphatic carbocycles. The lowest BCUT2D eigenvalue weighted by Gasteiger charge is -2.16. The van der Waals surface area contributed by atoms with Crippen LogP contribution < -0.4 is 10.5 Å². The summed E-state index contributed by atoms with van der Waals surface area (Å²) in [7, 11) is 0. The van der Waals surface area contributed by atoms with E-state index in [1.807, 2.05) is 13.0 Å². The van der Waals surface area contributed by atoms with E-state index in [2.05, 4.69) is 0 Å². The Morgan fingerprint density at radius 3 is 3.06 bits per heavy atom. The van der Waals surface area contributed by atoms with Crippen molar-refractivity contribution in [3.8, 4) is 5.75 Å². The molecule has 98 valence electrons. The molecule has 0 bridgehead atoms. The zero-order valence-electron chi connectivity index (χ0n) is 10.1. The first-order valence-corrected chi connectivity index (χ1v) is 6.31. The Kier molecular flexibility index (Phi) is 3.78. The normalized spacial score (nSPS) is 19.2. The van der Waals surface area contributed by atoms with Crippen LogP contribution in [-0.2, 0) is 11.2 Å². The number of hydrogen-bond acceptors (Lipinski definition) is 3. The summed E-state index contributed by atoms with van der Waals surface area (Å²) >= 11 is 6.06. The van der Waals surface area contributed by atoms with Crippen LogP contribution in [0.3, 0.4) is 0 Å². The quantitative estimate of drug-likeness (QED) is 0.881. The standard InChI is InChI=1S/C13H16ClNO3/c1-7-4-8-5-9(14)6-10(13(8)18-7)11(15)2-3-12(16)17/h5-7,11H,2-4,15H2,1H3,(H,16,17). The van der Waals surface area contributed by atoms with Crippen molar-refractivity contribution in [2.24, 2.45) is 5.73 Å². The molecule has 0 amide bonds. The second-order valence-corrected chi connectivity index (χ2v) is 5.09. The molecule has 0 fully saturated rings. The molecule has 0 saturated heterocycles. The van der Waals surface area contributed by atoms with E-state index in [1.54, 1.807) is 6.07 Å². The Hall–Kier alpha value is -1.26. The van der Waals surface area contributed by atoms with Gasteiger partial charge in [0.15, 0.2) is 0 Å². The van der Waals surface area contributed by atoms with E-state index in [1.165, 1.54) is 0 Å². The average molecular weight is 270 g/mol. The topological polar surface area (TPSA) is 72.6 Å². The zero-order chi connectivity index (χ0) is 13.3. The van der Waals surface area contributed by atoms with Gasteiger partial charge in [0.05, 0.1) is 0 Å². The Labute approximate surface area is 111 Å². The summed E-state index contributed by atoms with van der Waals surface area (Å²) in [6, 6.07) is 3.29. The monoisotopic (exact) mass is 269 g/mol. The summed E-state index contributed by atoms with van der Waals surface area (Å²) in [4.78, 5) is 10.6. The summed E-state index contributed by atoms with van der Waals surface area (Å²) < 4.78 is 5.73. The molecular weight excluding hydrogens is 254 g/mol. The Morgan fingerprint density at radius 1 is 1.67 bits per heavy atom. The summed E-state index contributed by atoms with van der Waals surface area (Å²) in [5, 5.41) is 9.30. The maximum Gasteiger partial charge on any atom is 0.303 e. The number of hydrogen-bond donors (Lipinski definition) is 2. The lowest BCUT2D eigenvalue weighted by molar-refractivity contribution is -0.137. The van der Waals surface area contributed by atoms with Crippen molar-refractivity contribution in [2.45, 2.75) is 38.3 Å². The Morgan fingerprint density at radius 2 is 2.39 bits per heavy atom. The molecule has 0 spiro atoms. The summed E-state index contributed by atoms with van der Waals surface area (Å²) in [6.45, 7) is 1.99. The Bertz CT molecular complexity index is 476. The fraction of sp³-hybridized carbons (Fsp3) is 0.462. The third-order valence-corrected chi connectivity index (χ3v) is 3.27. The molecule has 0 aromatic heterocycles. The van der Waals surface area contributed by atoms with E-state index in [-0.39, 0.29) is 18.6 Å². The van der Waals surface area contributed by atoms with Gasteiger partial charge in [-0.05, 0) is 31.0 Å². The number of halogens is 1. The average Bonchev–Trinajstić information content (AvgIpc) is 2.64. The summed E-state index contributed by atoms with van der Waals surface area (Å²) in [5.74, 6) is -0.0665. The summed E-state index contributed by atoms with van der Waals surface area (Å²) in [5.41, 5.74) is 7.89. The number of fused-ring (bicyclic) bond motifs is 1. The van der Waals surface area contributed by atoms with E-state index in [9.17, 15) is 4.79 Å². The van der Waals surface area contributed by atoms with Gasteiger partial charge in [0.1, 0.15) is 11.9 Å². The van der Waals surface area contributed by atoms with Crippen molar-refractivity contribution in [2.75, 3.05) is 0 Å². The SMILES string of the molecule is CC1Cc2cc(Cl)cc(C(N)CCC(=O)O)c2O1. The largest absolute Gasteiger partial charge is 0.490 e. The molecule has 1 aromatic carbocycles. The molecule has 2 rings (SSSR count). The zero-order valence-corrected chi connectivity index (χ0v) is 10.9. The van der Waals surface area contributed by atoms with Gasteiger partial charge < -0.3 is 15.6 Å². The predicted octanol–water partition coefficient (Wildman–Crippen LogP) is 2.53. The van der Waals surface area contributed by atoms with Gasteiger partial charge >= 0.3 is 5.97 Å². The van der Waals surface area contributed by atoms with Crippen LogP contribution in [0.25, 0.3) is 0 Å². The highest BCUT2D eigenvalue weighted by molar-refractivity contribution is 6.30. The second kappa shape index (κ2) is 5.16. The van der Waals surface area contributed by atoms with Crippen LogP contribution in [0, 0.1) is 0 Å². The molecule has 3 N–H and O–H groups in total. The summed E-state index contributed by atoms with van der Waals surface area (Å²) in [6.07, 6.45) is 1.34. The van der Waals surface area contributed by atoms with Crippen LogP contribution in [0.2, 0.25) is 5.02 Å². The number of ether oxygens (including phenoxy) is 1. The number of carboxylic acids is 1. The molecule has 1 heterocycles. The first-order chi connectivity index (χ1) is 8.47. The molecule has 0 saturated carbocycles. The number of carbonyl (C=O) groups is 1. The van der Waals surface area contributed by atoms with Gasteiger partial charge in [-0.15, -0.1) is 0 Å². The minimum absolute atomic E-state index is 0.0397. The van der Waals surface area contributed by atoms with Crippen molar-refractivity contribution in [3.63, 3.8) is 0 Å². The minimum atomic E-state index is -0.849. The van der Waals surface area contributed by atoms with Gasteiger partial charge in [0.25, 0.3) is 0 Å². The number of rotatable bonds is 4. The highest BCUT2D eigenvalue weighted by Crippen LogP contribution is 2.38. The molecule has 4 nitrogen and oxygen atoms in total. The minimum Gasteiger partial charge on any atom is -0.490 e. The third kappa shape index (κ3) is 2.76. The number of benzene rings is 1. The molecule has 1 aromatic rings. The van der Waals surface area contributed by atoms with Crippen molar-refractivity contribution in [1.82, 2.24) is 0 Å². The molecule has 2 atom stereocenters. The van der Waals surface area contributed by atoms with E-state index in [0.717, 1.165) is 23.3 Å². The van der Waals surface area contributed by atoms with Crippen LogP contribution in [-0.4, -0.2) is 17.2 Å². The van der Waals surface area contributed by atoms with Gasteiger partial charge in [-0.25, -0.2) is 0 Å². The first kappa shape index (κ1) is 13.2. The van der Waals surface area contributed by atoms with E-state index < -0.39 is 5.97 Å². The third-order valence-electron chi connectivity index (χ3n) is 3.05. The van der Waals surface area contributed by atoms with E-state index >= 15 is 0 Å². The fourth-order valence-electron chi connectivity index (χ4n) is 2.23. The second-order valence-electron chi connectivity index (χ2n) is 4.65. The van der Waals surface area contributed by atoms with Crippen LogP contribution in [0.1, 0.15) is 36.9 Å². The van der Waals surface area contributed by atoms with E-state index in [0.29, 0.717) is 11.4 Å². The van der Waals surface area contributed by atoms with Crippen molar-refractivity contribution in [3.05, 3.63) is 28.3 Å². The lowest BCUT2D eigenvalue weighted by Crippen LogP contribution is -2.14. The highest BCUT2D eigenvalue weighted by atomic mass is 35.5. The van der Waals surface area contributed by atoms with Crippen LogP contribution in [0.15, 0.2) is 12.1 Å². The maximum atomic E-state index is 10.6. The van der Waals surface area contributed by atoms with Crippen LogP contribution in [0.4, 0.5) is 0 Å². The van der Waals surface area contributed by atoms with Gasteiger partial charge in [-0.1, -0.05) is 11.6 Å². The molecule has 1 aliphatic heterocycles. The van der Waals surface area contributed by atoms with Gasteiger partial charge in [0.2, 0.25) is 0 Å². The van der Waals surface area contributed by atoms with Crippen LogP contribution in [0.5, 0.6) is 5.75 Å². The molecule has 18 heavy (non-hydrogen) atoms. The number of aliphatic carboxylic acids is 1. The Balaban J connectivity index is 2.25. The maximum absolute atomic E-state index is 10.6. The molecule has 5 heteroatoms. The fourth-order valence-corrected chi connectivity index (χ4v) is 2.48. The smallest absolute Gasteiger partial charge is 0.303 e. The van der Waals surface area contributed by atoms with Crippen molar-refractivity contribution in [1.29, 1.82) is 0 Å². The highest BCUT2D eigenvalue weighted by Gasteiger charge is 2.25. The van der Waals surface area contributed by atoms with Gasteiger partial charge in [-0.2, -0.15) is 0 Å². The van der Waals surface area contributed by atoms with Crippen molar-refractivity contribution < 1.29 is 14.6 Å². The van der Waals surface area contributed by atoms with E-state index in [4.69, 9.17) is 27.2 Å². The molecule has 0 radical (unpaired) electrons. The number of nitrogens with two attached hydrogens (primary N) is 1. The van der Waals surface area contributed by atoms with Gasteiger partial charge in [-0.3, -0.25) is 4.79 Å². The predicted molar refractivity (Wildman–Crippen MR) is 69.0 cm³/mol. The number of carboxylic acid groups (broad SMARTS) is 1. The first-order valence-electron chi connectivity index (χ1n) is 5.93. The van der Waals surface area contributed by atoms with Crippen molar-refractivity contribution >= 4 is 17.6 Å². The van der Waals surface area contributed by atoms with Crippen LogP contribution >= 0.6 is 11.6 Å².